The molecule has 0 unspecified atom stereocenters. The first-order valence-electron chi connectivity index (χ1n) is 10.1. The van der Waals surface area contributed by atoms with Gasteiger partial charge < -0.3 is 0 Å². The van der Waals surface area contributed by atoms with Gasteiger partial charge in [-0.25, -0.2) is 0 Å². The van der Waals surface area contributed by atoms with E-state index < -0.39 is 0 Å². The molecule has 0 aliphatic carbocycles. The van der Waals surface area contributed by atoms with E-state index in [4.69, 9.17) is 0 Å². The zero-order valence-corrected chi connectivity index (χ0v) is 17.8. The van der Waals surface area contributed by atoms with Crippen molar-refractivity contribution < 1.29 is 12.3 Å². The van der Waals surface area contributed by atoms with Gasteiger partial charge in [0.1, 0.15) is 0 Å². The van der Waals surface area contributed by atoms with Gasteiger partial charge in [0.2, 0.25) is 0 Å². The number of hydrogen-bond donors (Lipinski definition) is 0. The van der Waals surface area contributed by atoms with Gasteiger partial charge in [0.25, 0.3) is 0 Å². The molecule has 0 radical (unpaired) electrons. The Morgan fingerprint density at radius 2 is 1.08 bits per heavy atom. The van der Waals surface area contributed by atoms with Gasteiger partial charge >= 0.3 is 160 Å². The normalized spacial score (nSPS) is 11.7. The molecule has 0 heterocycles. The van der Waals surface area contributed by atoms with Gasteiger partial charge in [-0.1, -0.05) is 0 Å². The summed E-state index contributed by atoms with van der Waals surface area (Å²) in [5, 5.41) is 2.89. The van der Waals surface area contributed by atoms with Gasteiger partial charge in [-0.15, -0.1) is 0 Å². The summed E-state index contributed by atoms with van der Waals surface area (Å²) in [6.07, 6.45) is 17.1. The zero-order chi connectivity index (χ0) is 17.3. The summed E-state index contributed by atoms with van der Waals surface area (Å²) in [5.41, 5.74) is 0. The predicted molar refractivity (Wildman–Crippen MR) is 109 cm³/mol. The quantitative estimate of drug-likeness (QED) is 0.199. The van der Waals surface area contributed by atoms with Crippen LogP contribution in [0, 0.1) is 0 Å². The average Bonchev–Trinajstić information content (AvgIpc) is 2.61. The molecule has 0 spiro atoms. The van der Waals surface area contributed by atoms with Crippen LogP contribution in [-0.2, 0) is 12.3 Å². The van der Waals surface area contributed by atoms with Crippen LogP contribution in [0.3, 0.4) is 0 Å². The Labute approximate surface area is 159 Å². The fourth-order valence-electron chi connectivity index (χ4n) is 2.68. The van der Waals surface area contributed by atoms with E-state index in [9.17, 15) is 0 Å². The third-order valence-electron chi connectivity index (χ3n) is 4.19. The van der Waals surface area contributed by atoms with Gasteiger partial charge in [0, 0.05) is 0 Å². The van der Waals surface area contributed by atoms with Gasteiger partial charge in [0.05, 0.1) is 0 Å². The van der Waals surface area contributed by atoms with Crippen LogP contribution in [0.5, 0.6) is 0 Å². The first-order chi connectivity index (χ1) is 11.9. The van der Waals surface area contributed by atoms with Gasteiger partial charge in [-0.2, -0.15) is 0 Å². The van der Waals surface area contributed by atoms with Gasteiger partial charge in [-0.3, -0.25) is 0 Å². The van der Waals surface area contributed by atoms with Crippen LogP contribution in [0.1, 0.15) is 90.9 Å². The van der Waals surface area contributed by atoms with E-state index in [0.29, 0.717) is 12.3 Å². The Hall–Kier alpha value is 0.0635. The molecule has 0 amide bonds. The second-order valence-electron chi connectivity index (χ2n) is 6.57. The minimum atomic E-state index is 0.378. The first kappa shape index (κ1) is 22.1. The number of rotatable bonds is 16. The van der Waals surface area contributed by atoms with Crippen molar-refractivity contribution >= 4 is 10.3 Å². The topological polar surface area (TPSA) is 0 Å². The van der Waals surface area contributed by atoms with Crippen molar-refractivity contribution in [1.29, 1.82) is 0 Å². The maximum absolute atomic E-state index is 2.30. The third kappa shape index (κ3) is 12.4. The Morgan fingerprint density at radius 1 is 0.625 bits per heavy atom. The van der Waals surface area contributed by atoms with Crippen molar-refractivity contribution in [3.05, 3.63) is 30.3 Å². The van der Waals surface area contributed by atoms with Gasteiger partial charge in [0.15, 0.2) is 0 Å². The summed E-state index contributed by atoms with van der Waals surface area (Å²) in [7, 11) is 2.17. The van der Waals surface area contributed by atoms with Gasteiger partial charge in [-0.05, 0) is 0 Å². The molecule has 0 aromatic heterocycles. The first-order valence-corrected chi connectivity index (χ1v) is 13.4. The van der Waals surface area contributed by atoms with Crippen molar-refractivity contribution in [3.8, 4) is 0 Å². The van der Waals surface area contributed by atoms with Crippen molar-refractivity contribution in [1.82, 2.24) is 0 Å². The molecule has 0 bridgehead atoms. The van der Waals surface area contributed by atoms with Crippen molar-refractivity contribution in [2.24, 2.45) is 0 Å². The van der Waals surface area contributed by atoms with Crippen LogP contribution in [0.2, 0.25) is 10.8 Å². The Bertz CT molecular complexity index is 349. The summed E-state index contributed by atoms with van der Waals surface area (Å²) in [6, 6.07) is 11.1. The molecule has 0 N–H and O–H groups in total. The second kappa shape index (κ2) is 16.5. The second-order valence-corrected chi connectivity index (χ2v) is 11.3. The summed E-state index contributed by atoms with van der Waals surface area (Å²) in [4.78, 5) is 1.48. The van der Waals surface area contributed by atoms with Crippen molar-refractivity contribution in [2.45, 2.75) is 107 Å². The van der Waals surface area contributed by atoms with E-state index in [1.807, 2.05) is 0 Å². The maximum atomic E-state index is 2.30. The van der Waals surface area contributed by atoms with Crippen LogP contribution in [0.25, 0.3) is 0 Å². The Balaban J connectivity index is 2.24. The molecule has 2 heteroatoms. The molecule has 0 aliphatic heterocycles. The monoisotopic (exact) mass is 393 g/mol. The van der Waals surface area contributed by atoms with E-state index in [2.05, 4.69) is 54.5 Å². The molecule has 0 saturated carbocycles. The SMILES string of the molecule is CCCCCCC[CH2][Ni]([CH2]CCCCCCC)[S]c1ccccc1. The summed E-state index contributed by atoms with van der Waals surface area (Å²) in [6.45, 7) is 4.60. The predicted octanol–water partition coefficient (Wildman–Crippen LogP) is 8.87. The molecule has 0 aliphatic rings. The zero-order valence-electron chi connectivity index (χ0n) is 16.0. The third-order valence-corrected chi connectivity index (χ3v) is 9.21. The van der Waals surface area contributed by atoms with Crippen molar-refractivity contribution in [3.63, 3.8) is 0 Å². The van der Waals surface area contributed by atoms with Crippen LogP contribution < -0.4 is 0 Å². The van der Waals surface area contributed by atoms with Crippen LogP contribution >= 0.6 is 10.3 Å². The molecule has 0 atom stereocenters. The number of hydrogen-bond acceptors (Lipinski definition) is 1. The number of unbranched alkanes of at least 4 members (excludes halogenated alkanes) is 10. The van der Waals surface area contributed by atoms with E-state index in [-0.39, 0.29) is 0 Å². The molecule has 1 rings (SSSR count). The molecule has 0 fully saturated rings. The van der Waals surface area contributed by atoms with E-state index >= 15 is 0 Å². The molecular weight excluding hydrogens is 355 g/mol. The summed E-state index contributed by atoms with van der Waals surface area (Å²) in [5.74, 6) is 0. The van der Waals surface area contributed by atoms with E-state index in [1.165, 1.54) is 92.7 Å². The molecule has 24 heavy (non-hydrogen) atoms. The van der Waals surface area contributed by atoms with Crippen molar-refractivity contribution in [2.75, 3.05) is 0 Å². The average molecular weight is 394 g/mol. The fourth-order valence-corrected chi connectivity index (χ4v) is 7.53. The molecule has 143 valence electrons. The Morgan fingerprint density at radius 3 is 1.58 bits per heavy atom. The molecular formula is C22H39NiS. The van der Waals surface area contributed by atoms with E-state index in [1.54, 1.807) is 0 Å². The standard InChI is InChI=1S/2C8H17.C6H6S.Ni/c2*1-3-5-7-8-6-4-2;7-6-4-2-1-3-5-6;/h2*1,3-8H2,2H3;1-5,7H;/q;;;+1/p-1. The minimum absolute atomic E-state index is 0.378. The Kier molecular flexibility index (Phi) is 15.2. The number of benzene rings is 1. The van der Waals surface area contributed by atoms with Crippen LogP contribution in [0.15, 0.2) is 35.2 Å². The summed E-state index contributed by atoms with van der Waals surface area (Å²) < 4.78 is 0. The molecule has 1 aromatic rings. The molecule has 0 nitrogen and oxygen atoms in total. The molecule has 0 saturated heterocycles. The van der Waals surface area contributed by atoms with E-state index in [0.717, 1.165) is 0 Å². The summed E-state index contributed by atoms with van der Waals surface area (Å²) >= 11 is 0.378. The van der Waals surface area contributed by atoms with Crippen LogP contribution in [-0.4, -0.2) is 0 Å². The van der Waals surface area contributed by atoms with Crippen LogP contribution in [0.4, 0.5) is 0 Å². The molecule has 1 aromatic carbocycles. The fraction of sp³-hybridized carbons (Fsp3) is 0.727.